The molecule has 1 aromatic rings. The standard InChI is InChI=1S/C14H20FN3O2/c1-20-13-8-12(11(16)7-10(13)15)18-4-2-9(3-5-18)6-14(17)19/h7-9H,2-6,16H2,1H3,(H2,17,19). The Kier molecular flexibility index (Phi) is 4.32. The summed E-state index contributed by atoms with van der Waals surface area (Å²) in [6.07, 6.45) is 2.18. The lowest BCUT2D eigenvalue weighted by Crippen LogP contribution is -2.35. The molecule has 2 rings (SSSR count). The van der Waals surface area contributed by atoms with Gasteiger partial charge in [-0.3, -0.25) is 4.79 Å². The van der Waals surface area contributed by atoms with Crippen molar-refractivity contribution in [2.75, 3.05) is 30.8 Å². The van der Waals surface area contributed by atoms with Crippen LogP contribution in [0.5, 0.6) is 5.75 Å². The number of primary amides is 1. The minimum Gasteiger partial charge on any atom is -0.494 e. The highest BCUT2D eigenvalue weighted by Crippen LogP contribution is 2.33. The number of nitrogen functional groups attached to an aromatic ring is 1. The van der Waals surface area contributed by atoms with Gasteiger partial charge in [0.15, 0.2) is 11.6 Å². The first-order valence-electron chi connectivity index (χ1n) is 6.67. The predicted molar refractivity (Wildman–Crippen MR) is 76.1 cm³/mol. The number of carbonyl (C=O) groups is 1. The molecule has 1 saturated heterocycles. The molecule has 4 N–H and O–H groups in total. The monoisotopic (exact) mass is 281 g/mol. The van der Waals surface area contributed by atoms with Gasteiger partial charge in [-0.2, -0.15) is 0 Å². The van der Waals surface area contributed by atoms with E-state index < -0.39 is 5.82 Å². The third kappa shape index (κ3) is 3.12. The second kappa shape index (κ2) is 5.98. The molecule has 6 heteroatoms. The summed E-state index contributed by atoms with van der Waals surface area (Å²) in [5.74, 6) is -0.204. The molecule has 1 aliphatic heterocycles. The molecule has 0 saturated carbocycles. The molecule has 1 fully saturated rings. The molecule has 20 heavy (non-hydrogen) atoms. The highest BCUT2D eigenvalue weighted by molar-refractivity contribution is 5.74. The van der Waals surface area contributed by atoms with Gasteiger partial charge in [-0.15, -0.1) is 0 Å². The smallest absolute Gasteiger partial charge is 0.217 e. The number of anilines is 2. The highest BCUT2D eigenvalue weighted by Gasteiger charge is 2.23. The first-order chi connectivity index (χ1) is 9.51. The molecule has 1 aromatic carbocycles. The molecule has 0 spiro atoms. The molecule has 0 unspecified atom stereocenters. The van der Waals surface area contributed by atoms with Crippen molar-refractivity contribution in [2.24, 2.45) is 11.7 Å². The molecular formula is C14H20FN3O2. The van der Waals surface area contributed by atoms with Crippen LogP contribution in [0.25, 0.3) is 0 Å². The van der Waals surface area contributed by atoms with E-state index in [1.165, 1.54) is 13.2 Å². The normalized spacial score (nSPS) is 16.2. The molecular weight excluding hydrogens is 261 g/mol. The maximum absolute atomic E-state index is 13.5. The molecule has 1 amide bonds. The average Bonchev–Trinajstić information content (AvgIpc) is 2.39. The second-order valence-electron chi connectivity index (χ2n) is 5.15. The van der Waals surface area contributed by atoms with Crippen molar-refractivity contribution in [3.05, 3.63) is 17.9 Å². The predicted octanol–water partition coefficient (Wildman–Crippen LogP) is 1.51. The number of ether oxygens (including phenoxy) is 1. The summed E-state index contributed by atoms with van der Waals surface area (Å²) in [5.41, 5.74) is 12.3. The maximum atomic E-state index is 13.5. The minimum absolute atomic E-state index is 0.188. The highest BCUT2D eigenvalue weighted by atomic mass is 19.1. The number of carbonyl (C=O) groups excluding carboxylic acids is 1. The van der Waals surface area contributed by atoms with Crippen LogP contribution in [0, 0.1) is 11.7 Å². The van der Waals surface area contributed by atoms with Gasteiger partial charge in [0.2, 0.25) is 5.91 Å². The maximum Gasteiger partial charge on any atom is 0.217 e. The summed E-state index contributed by atoms with van der Waals surface area (Å²) in [6, 6.07) is 2.91. The first-order valence-corrected chi connectivity index (χ1v) is 6.67. The van der Waals surface area contributed by atoms with Gasteiger partial charge in [-0.25, -0.2) is 4.39 Å². The third-order valence-electron chi connectivity index (χ3n) is 3.75. The fourth-order valence-electron chi connectivity index (χ4n) is 2.65. The number of nitrogens with zero attached hydrogens (tertiary/aromatic N) is 1. The van der Waals surface area contributed by atoms with Crippen molar-refractivity contribution >= 4 is 17.3 Å². The van der Waals surface area contributed by atoms with E-state index >= 15 is 0 Å². The van der Waals surface area contributed by atoms with Crippen LogP contribution in [0.1, 0.15) is 19.3 Å². The van der Waals surface area contributed by atoms with Crippen LogP contribution < -0.4 is 21.1 Å². The average molecular weight is 281 g/mol. The Labute approximate surface area is 117 Å². The van der Waals surface area contributed by atoms with Gasteiger partial charge in [0.05, 0.1) is 18.5 Å². The van der Waals surface area contributed by atoms with Gasteiger partial charge in [-0.05, 0) is 18.8 Å². The van der Waals surface area contributed by atoms with Crippen molar-refractivity contribution in [3.8, 4) is 5.75 Å². The Morgan fingerprint density at radius 3 is 2.65 bits per heavy atom. The Morgan fingerprint density at radius 1 is 1.45 bits per heavy atom. The van der Waals surface area contributed by atoms with Gasteiger partial charge in [0, 0.05) is 31.6 Å². The number of amides is 1. The van der Waals surface area contributed by atoms with E-state index in [9.17, 15) is 9.18 Å². The molecule has 5 nitrogen and oxygen atoms in total. The van der Waals surface area contributed by atoms with Crippen molar-refractivity contribution in [3.63, 3.8) is 0 Å². The number of halogens is 1. The Balaban J connectivity index is 2.08. The molecule has 110 valence electrons. The molecule has 0 bridgehead atoms. The molecule has 0 aliphatic carbocycles. The Morgan fingerprint density at radius 2 is 2.10 bits per heavy atom. The summed E-state index contributed by atoms with van der Waals surface area (Å²) in [7, 11) is 1.43. The Hall–Kier alpha value is -1.98. The van der Waals surface area contributed by atoms with Crippen LogP contribution in [-0.4, -0.2) is 26.1 Å². The van der Waals surface area contributed by atoms with E-state index in [1.54, 1.807) is 6.07 Å². The molecule has 1 heterocycles. The van der Waals surface area contributed by atoms with Crippen molar-refractivity contribution in [1.29, 1.82) is 0 Å². The van der Waals surface area contributed by atoms with Gasteiger partial charge < -0.3 is 21.1 Å². The zero-order valence-electron chi connectivity index (χ0n) is 11.6. The Bertz CT molecular complexity index is 499. The van der Waals surface area contributed by atoms with Crippen LogP contribution in [0.3, 0.4) is 0 Å². The zero-order valence-corrected chi connectivity index (χ0v) is 11.6. The van der Waals surface area contributed by atoms with E-state index in [0.29, 0.717) is 18.0 Å². The van der Waals surface area contributed by atoms with E-state index in [1.807, 2.05) is 0 Å². The van der Waals surface area contributed by atoms with Gasteiger partial charge in [0.1, 0.15) is 0 Å². The SMILES string of the molecule is COc1cc(N2CCC(CC(N)=O)CC2)c(N)cc1F. The second-order valence-corrected chi connectivity index (χ2v) is 5.15. The van der Waals surface area contributed by atoms with E-state index in [4.69, 9.17) is 16.2 Å². The largest absolute Gasteiger partial charge is 0.494 e. The number of hydrogen-bond acceptors (Lipinski definition) is 4. The van der Waals surface area contributed by atoms with Crippen LogP contribution in [0.2, 0.25) is 0 Å². The van der Waals surface area contributed by atoms with Crippen LogP contribution in [0.15, 0.2) is 12.1 Å². The van der Waals surface area contributed by atoms with Crippen molar-refractivity contribution in [2.45, 2.75) is 19.3 Å². The number of piperidine rings is 1. The molecule has 0 atom stereocenters. The van der Waals surface area contributed by atoms with Crippen molar-refractivity contribution < 1.29 is 13.9 Å². The first kappa shape index (κ1) is 14.4. The number of rotatable bonds is 4. The number of nitrogens with two attached hydrogens (primary N) is 2. The van der Waals surface area contributed by atoms with Crippen LogP contribution in [0.4, 0.5) is 15.8 Å². The lowest BCUT2D eigenvalue weighted by atomic mass is 9.93. The number of benzene rings is 1. The third-order valence-corrected chi connectivity index (χ3v) is 3.75. The number of methoxy groups -OCH3 is 1. The van der Waals surface area contributed by atoms with E-state index in [-0.39, 0.29) is 11.7 Å². The van der Waals surface area contributed by atoms with E-state index in [0.717, 1.165) is 31.6 Å². The topological polar surface area (TPSA) is 81.6 Å². The van der Waals surface area contributed by atoms with Gasteiger partial charge in [-0.1, -0.05) is 0 Å². The van der Waals surface area contributed by atoms with Crippen molar-refractivity contribution in [1.82, 2.24) is 0 Å². The van der Waals surface area contributed by atoms with E-state index in [2.05, 4.69) is 4.90 Å². The van der Waals surface area contributed by atoms with Gasteiger partial charge >= 0.3 is 0 Å². The number of hydrogen-bond donors (Lipinski definition) is 2. The summed E-state index contributed by atoms with van der Waals surface area (Å²) < 4.78 is 18.5. The summed E-state index contributed by atoms with van der Waals surface area (Å²) >= 11 is 0. The fourth-order valence-corrected chi connectivity index (χ4v) is 2.65. The lowest BCUT2D eigenvalue weighted by Gasteiger charge is -2.34. The van der Waals surface area contributed by atoms with Gasteiger partial charge in [0.25, 0.3) is 0 Å². The lowest BCUT2D eigenvalue weighted by molar-refractivity contribution is -0.119. The summed E-state index contributed by atoms with van der Waals surface area (Å²) in [4.78, 5) is 13.0. The molecule has 0 radical (unpaired) electrons. The van der Waals surface area contributed by atoms with Crippen LogP contribution in [-0.2, 0) is 4.79 Å². The molecule has 0 aromatic heterocycles. The van der Waals surface area contributed by atoms with Crippen LogP contribution >= 0.6 is 0 Å². The summed E-state index contributed by atoms with van der Waals surface area (Å²) in [6.45, 7) is 1.55. The zero-order chi connectivity index (χ0) is 14.7. The minimum atomic E-state index is -0.461. The summed E-state index contributed by atoms with van der Waals surface area (Å²) in [5, 5.41) is 0. The fraction of sp³-hybridized carbons (Fsp3) is 0.500. The molecule has 1 aliphatic rings. The quantitative estimate of drug-likeness (QED) is 0.820.